The SMILES string of the molecule is CCCNC(CC(C)C)c1ccc(C)nc1. The zero-order valence-electron chi connectivity index (χ0n) is 11.0. The molecule has 16 heavy (non-hydrogen) atoms. The monoisotopic (exact) mass is 220 g/mol. The molecule has 1 unspecified atom stereocenters. The number of hydrogen-bond acceptors (Lipinski definition) is 2. The van der Waals surface area contributed by atoms with Gasteiger partial charge in [0.25, 0.3) is 0 Å². The number of pyridine rings is 1. The fraction of sp³-hybridized carbons (Fsp3) is 0.643. The number of aromatic nitrogens is 1. The molecule has 0 saturated heterocycles. The van der Waals surface area contributed by atoms with Crippen molar-refractivity contribution in [2.75, 3.05) is 6.54 Å². The highest BCUT2D eigenvalue weighted by Crippen LogP contribution is 2.20. The lowest BCUT2D eigenvalue weighted by atomic mass is 9.98. The molecule has 0 aliphatic rings. The maximum Gasteiger partial charge on any atom is 0.0372 e. The quantitative estimate of drug-likeness (QED) is 0.794. The summed E-state index contributed by atoms with van der Waals surface area (Å²) in [5, 5.41) is 3.60. The third-order valence-corrected chi connectivity index (χ3v) is 2.68. The predicted molar refractivity (Wildman–Crippen MR) is 69.5 cm³/mol. The Hall–Kier alpha value is -0.890. The molecule has 0 aromatic carbocycles. The first-order valence-corrected chi connectivity index (χ1v) is 6.29. The van der Waals surface area contributed by atoms with Gasteiger partial charge in [-0.3, -0.25) is 4.98 Å². The minimum atomic E-state index is 0.452. The van der Waals surface area contributed by atoms with Crippen LogP contribution in [0.3, 0.4) is 0 Å². The highest BCUT2D eigenvalue weighted by molar-refractivity contribution is 5.17. The van der Waals surface area contributed by atoms with Crippen LogP contribution in [0.2, 0.25) is 0 Å². The van der Waals surface area contributed by atoms with Crippen molar-refractivity contribution in [2.45, 2.75) is 46.6 Å². The summed E-state index contributed by atoms with van der Waals surface area (Å²) in [5.74, 6) is 0.704. The summed E-state index contributed by atoms with van der Waals surface area (Å²) in [7, 11) is 0. The van der Waals surface area contributed by atoms with E-state index in [4.69, 9.17) is 0 Å². The van der Waals surface area contributed by atoms with Crippen molar-refractivity contribution in [1.82, 2.24) is 10.3 Å². The molecule has 2 heteroatoms. The second-order valence-electron chi connectivity index (χ2n) is 4.87. The van der Waals surface area contributed by atoms with Crippen molar-refractivity contribution in [2.24, 2.45) is 5.92 Å². The average molecular weight is 220 g/mol. The van der Waals surface area contributed by atoms with E-state index in [0.29, 0.717) is 12.0 Å². The molecular formula is C14H24N2. The van der Waals surface area contributed by atoms with Crippen molar-refractivity contribution in [3.05, 3.63) is 29.6 Å². The van der Waals surface area contributed by atoms with E-state index < -0.39 is 0 Å². The minimum Gasteiger partial charge on any atom is -0.310 e. The second kappa shape index (κ2) is 6.64. The van der Waals surface area contributed by atoms with E-state index in [1.165, 1.54) is 18.4 Å². The lowest BCUT2D eigenvalue weighted by Crippen LogP contribution is -2.23. The molecule has 0 aliphatic heterocycles. The number of aryl methyl sites for hydroxylation is 1. The van der Waals surface area contributed by atoms with E-state index in [1.54, 1.807) is 0 Å². The van der Waals surface area contributed by atoms with Gasteiger partial charge in [-0.2, -0.15) is 0 Å². The predicted octanol–water partition coefficient (Wildman–Crippen LogP) is 3.48. The van der Waals surface area contributed by atoms with Crippen molar-refractivity contribution >= 4 is 0 Å². The first-order chi connectivity index (χ1) is 7.63. The topological polar surface area (TPSA) is 24.9 Å². The summed E-state index contributed by atoms with van der Waals surface area (Å²) in [6, 6.07) is 4.74. The van der Waals surface area contributed by atoms with Crippen molar-refractivity contribution in [3.63, 3.8) is 0 Å². The van der Waals surface area contributed by atoms with Crippen LogP contribution in [0.15, 0.2) is 18.3 Å². The molecular weight excluding hydrogens is 196 g/mol. The third kappa shape index (κ3) is 4.31. The van der Waals surface area contributed by atoms with E-state index >= 15 is 0 Å². The van der Waals surface area contributed by atoms with E-state index in [0.717, 1.165) is 12.2 Å². The van der Waals surface area contributed by atoms with E-state index in [1.807, 2.05) is 13.1 Å². The molecule has 0 fully saturated rings. The Labute approximate surface area is 99.5 Å². The Morgan fingerprint density at radius 2 is 2.06 bits per heavy atom. The minimum absolute atomic E-state index is 0.452. The number of hydrogen-bond donors (Lipinski definition) is 1. The Kier molecular flexibility index (Phi) is 5.47. The van der Waals surface area contributed by atoms with Gasteiger partial charge in [0.05, 0.1) is 0 Å². The summed E-state index contributed by atoms with van der Waals surface area (Å²) in [6.07, 6.45) is 4.35. The van der Waals surface area contributed by atoms with Crippen molar-refractivity contribution in [3.8, 4) is 0 Å². The molecule has 1 heterocycles. The molecule has 0 saturated carbocycles. The van der Waals surface area contributed by atoms with Gasteiger partial charge in [-0.25, -0.2) is 0 Å². The van der Waals surface area contributed by atoms with Gasteiger partial charge < -0.3 is 5.32 Å². The van der Waals surface area contributed by atoms with Gasteiger partial charge in [0.2, 0.25) is 0 Å². The van der Waals surface area contributed by atoms with Gasteiger partial charge in [0, 0.05) is 17.9 Å². The van der Waals surface area contributed by atoms with Crippen molar-refractivity contribution in [1.29, 1.82) is 0 Å². The lowest BCUT2D eigenvalue weighted by Gasteiger charge is -2.20. The normalized spacial score (nSPS) is 13.1. The molecule has 90 valence electrons. The number of nitrogens with one attached hydrogen (secondary N) is 1. The Balaban J connectivity index is 2.70. The molecule has 1 N–H and O–H groups in total. The molecule has 0 aliphatic carbocycles. The first kappa shape index (κ1) is 13.2. The van der Waals surface area contributed by atoms with Gasteiger partial charge in [-0.1, -0.05) is 26.8 Å². The Morgan fingerprint density at radius 1 is 1.31 bits per heavy atom. The van der Waals surface area contributed by atoms with Crippen LogP contribution >= 0.6 is 0 Å². The highest BCUT2D eigenvalue weighted by atomic mass is 14.9. The maximum atomic E-state index is 4.38. The summed E-state index contributed by atoms with van der Waals surface area (Å²) in [4.78, 5) is 4.38. The fourth-order valence-electron chi connectivity index (χ4n) is 1.81. The van der Waals surface area contributed by atoms with Crippen LogP contribution in [0.1, 0.15) is 50.9 Å². The van der Waals surface area contributed by atoms with Gasteiger partial charge in [0.1, 0.15) is 0 Å². The standard InChI is InChI=1S/C14H24N2/c1-5-8-15-14(9-11(2)3)13-7-6-12(4)16-10-13/h6-7,10-11,14-15H,5,8-9H2,1-4H3. The van der Waals surface area contributed by atoms with Crippen LogP contribution in [0.4, 0.5) is 0 Å². The van der Waals surface area contributed by atoms with E-state index in [-0.39, 0.29) is 0 Å². The molecule has 1 rings (SSSR count). The smallest absolute Gasteiger partial charge is 0.0372 e. The van der Waals surface area contributed by atoms with Gasteiger partial charge >= 0.3 is 0 Å². The number of rotatable bonds is 6. The molecule has 0 amide bonds. The molecule has 2 nitrogen and oxygen atoms in total. The van der Waals surface area contributed by atoms with E-state index in [2.05, 4.69) is 43.2 Å². The van der Waals surface area contributed by atoms with Crippen LogP contribution in [0.25, 0.3) is 0 Å². The first-order valence-electron chi connectivity index (χ1n) is 6.29. The largest absolute Gasteiger partial charge is 0.310 e. The van der Waals surface area contributed by atoms with Gasteiger partial charge in [-0.15, -0.1) is 0 Å². The second-order valence-corrected chi connectivity index (χ2v) is 4.87. The Bertz CT molecular complexity index is 290. The number of nitrogens with zero attached hydrogens (tertiary/aromatic N) is 1. The maximum absolute atomic E-state index is 4.38. The van der Waals surface area contributed by atoms with Crippen LogP contribution in [-0.4, -0.2) is 11.5 Å². The van der Waals surface area contributed by atoms with Crippen LogP contribution < -0.4 is 5.32 Å². The summed E-state index contributed by atoms with van der Waals surface area (Å²) in [6.45, 7) is 9.84. The molecule has 0 bridgehead atoms. The van der Waals surface area contributed by atoms with Gasteiger partial charge in [0.15, 0.2) is 0 Å². The summed E-state index contributed by atoms with van der Waals surface area (Å²) >= 11 is 0. The van der Waals surface area contributed by atoms with Crippen LogP contribution in [-0.2, 0) is 0 Å². The molecule has 1 aromatic heterocycles. The Morgan fingerprint density at radius 3 is 2.56 bits per heavy atom. The molecule has 1 aromatic rings. The lowest BCUT2D eigenvalue weighted by molar-refractivity contribution is 0.429. The molecule has 0 spiro atoms. The molecule has 1 atom stereocenters. The average Bonchev–Trinajstić information content (AvgIpc) is 2.25. The zero-order valence-corrected chi connectivity index (χ0v) is 11.0. The van der Waals surface area contributed by atoms with E-state index in [9.17, 15) is 0 Å². The third-order valence-electron chi connectivity index (χ3n) is 2.68. The highest BCUT2D eigenvalue weighted by Gasteiger charge is 2.12. The van der Waals surface area contributed by atoms with Gasteiger partial charge in [-0.05, 0) is 43.9 Å². The summed E-state index contributed by atoms with van der Waals surface area (Å²) in [5.41, 5.74) is 2.40. The van der Waals surface area contributed by atoms with Crippen LogP contribution in [0.5, 0.6) is 0 Å². The van der Waals surface area contributed by atoms with Crippen LogP contribution in [0, 0.1) is 12.8 Å². The fourth-order valence-corrected chi connectivity index (χ4v) is 1.81. The summed E-state index contributed by atoms with van der Waals surface area (Å²) < 4.78 is 0. The zero-order chi connectivity index (χ0) is 12.0. The van der Waals surface area contributed by atoms with Crippen molar-refractivity contribution < 1.29 is 0 Å². The molecule has 0 radical (unpaired) electrons.